The van der Waals surface area contributed by atoms with E-state index in [2.05, 4.69) is 17.9 Å². The van der Waals surface area contributed by atoms with Crippen molar-refractivity contribution in [3.8, 4) is 11.8 Å². The number of phenols is 1. The molecule has 138 valence electrons. The molecular formula is C21H38N2O. The van der Waals surface area contributed by atoms with Crippen molar-refractivity contribution >= 4 is 0 Å². The molecule has 1 N–H and O–H groups in total. The van der Waals surface area contributed by atoms with Crippen molar-refractivity contribution < 1.29 is 5.11 Å². The maximum Gasteiger partial charge on any atom is 0.120 e. The van der Waals surface area contributed by atoms with Crippen LogP contribution in [-0.4, -0.2) is 23.1 Å². The second-order valence-corrected chi connectivity index (χ2v) is 5.55. The topological polar surface area (TPSA) is 47.3 Å². The summed E-state index contributed by atoms with van der Waals surface area (Å²) in [5.41, 5.74) is 1.17. The van der Waals surface area contributed by atoms with Gasteiger partial charge in [-0.15, -0.1) is 0 Å². The molecule has 0 amide bonds. The predicted octanol–water partition coefficient (Wildman–Crippen LogP) is 5.99. The van der Waals surface area contributed by atoms with Gasteiger partial charge in [0.15, 0.2) is 0 Å². The van der Waals surface area contributed by atoms with Crippen LogP contribution in [0.1, 0.15) is 73.3 Å². The fraction of sp³-hybridized carbons (Fsp3) is 0.667. The fourth-order valence-electron chi connectivity index (χ4n) is 2.50. The monoisotopic (exact) mass is 334 g/mol. The molecule has 24 heavy (non-hydrogen) atoms. The number of hydrogen-bond donors (Lipinski definition) is 1. The first-order valence-corrected chi connectivity index (χ1v) is 9.49. The van der Waals surface area contributed by atoms with Crippen LogP contribution < -0.4 is 0 Å². The Bertz CT molecular complexity index is 443. The molecule has 0 radical (unpaired) electrons. The molecule has 1 aromatic rings. The molecule has 1 aliphatic heterocycles. The van der Waals surface area contributed by atoms with Gasteiger partial charge in [0.05, 0.1) is 6.07 Å². The Kier molecular flexibility index (Phi) is 15.5. The SMILES string of the molecule is CC.CC.CC.CC1(CC#N)CCN(Cc2ccccc2O)CC1. The summed E-state index contributed by atoms with van der Waals surface area (Å²) >= 11 is 0. The molecule has 1 saturated heterocycles. The summed E-state index contributed by atoms with van der Waals surface area (Å²) < 4.78 is 0. The second-order valence-electron chi connectivity index (χ2n) is 5.55. The van der Waals surface area contributed by atoms with Gasteiger partial charge in [-0.2, -0.15) is 5.26 Å². The first kappa shape index (κ1) is 24.7. The zero-order valence-electron chi connectivity index (χ0n) is 16.9. The summed E-state index contributed by atoms with van der Waals surface area (Å²) in [4.78, 5) is 2.36. The summed E-state index contributed by atoms with van der Waals surface area (Å²) in [7, 11) is 0. The lowest BCUT2D eigenvalue weighted by Crippen LogP contribution is -2.38. The number of aromatic hydroxyl groups is 1. The molecule has 0 saturated carbocycles. The third kappa shape index (κ3) is 8.93. The maximum absolute atomic E-state index is 9.76. The van der Waals surface area contributed by atoms with Crippen LogP contribution in [-0.2, 0) is 6.54 Å². The number of nitrogens with zero attached hydrogens (tertiary/aromatic N) is 2. The van der Waals surface area contributed by atoms with Gasteiger partial charge in [0.2, 0.25) is 0 Å². The normalized spacial score (nSPS) is 15.2. The Morgan fingerprint density at radius 3 is 2.00 bits per heavy atom. The zero-order valence-corrected chi connectivity index (χ0v) is 16.9. The molecule has 1 heterocycles. The average Bonchev–Trinajstić information content (AvgIpc) is 2.64. The molecule has 1 aromatic carbocycles. The highest BCUT2D eigenvalue weighted by molar-refractivity contribution is 5.31. The Morgan fingerprint density at radius 2 is 1.54 bits per heavy atom. The van der Waals surface area contributed by atoms with E-state index in [1.807, 2.05) is 59.7 Å². The van der Waals surface area contributed by atoms with Gasteiger partial charge < -0.3 is 5.11 Å². The summed E-state index contributed by atoms with van der Waals surface area (Å²) in [6.45, 7) is 17.0. The van der Waals surface area contributed by atoms with Crippen LogP contribution in [0.4, 0.5) is 0 Å². The number of benzene rings is 1. The lowest BCUT2D eigenvalue weighted by atomic mass is 9.78. The van der Waals surface area contributed by atoms with E-state index in [4.69, 9.17) is 5.26 Å². The van der Waals surface area contributed by atoms with E-state index in [0.717, 1.165) is 38.0 Å². The van der Waals surface area contributed by atoms with Gasteiger partial charge in [0.25, 0.3) is 0 Å². The molecule has 0 aromatic heterocycles. The van der Waals surface area contributed by atoms with Crippen LogP contribution in [0.5, 0.6) is 5.75 Å². The van der Waals surface area contributed by atoms with Crippen LogP contribution in [0.15, 0.2) is 24.3 Å². The first-order chi connectivity index (χ1) is 11.6. The van der Waals surface area contributed by atoms with E-state index in [-0.39, 0.29) is 5.41 Å². The molecule has 3 nitrogen and oxygen atoms in total. The Balaban J connectivity index is 0. The molecule has 1 aliphatic rings. The van der Waals surface area contributed by atoms with Crippen molar-refractivity contribution in [2.24, 2.45) is 5.41 Å². The zero-order chi connectivity index (χ0) is 19.0. The summed E-state index contributed by atoms with van der Waals surface area (Å²) in [6.07, 6.45) is 2.78. The van der Waals surface area contributed by atoms with Crippen LogP contribution >= 0.6 is 0 Å². The van der Waals surface area contributed by atoms with E-state index in [0.29, 0.717) is 12.2 Å². The molecule has 1 fully saturated rings. The van der Waals surface area contributed by atoms with Crippen molar-refractivity contribution in [2.75, 3.05) is 13.1 Å². The first-order valence-electron chi connectivity index (χ1n) is 9.49. The summed E-state index contributed by atoms with van der Waals surface area (Å²) in [5.74, 6) is 0.378. The van der Waals surface area contributed by atoms with Gasteiger partial charge in [0.1, 0.15) is 5.75 Å². The van der Waals surface area contributed by atoms with Crippen LogP contribution in [0.3, 0.4) is 0 Å². The number of rotatable bonds is 3. The number of hydrogen-bond acceptors (Lipinski definition) is 3. The van der Waals surface area contributed by atoms with E-state index < -0.39 is 0 Å². The van der Waals surface area contributed by atoms with Gasteiger partial charge in [-0.25, -0.2) is 0 Å². The molecule has 2 rings (SSSR count). The van der Waals surface area contributed by atoms with Gasteiger partial charge in [-0.3, -0.25) is 4.90 Å². The number of para-hydroxylation sites is 1. The molecule has 0 spiro atoms. The Morgan fingerprint density at radius 1 is 1.04 bits per heavy atom. The summed E-state index contributed by atoms with van der Waals surface area (Å²) in [6, 6.07) is 9.80. The highest BCUT2D eigenvalue weighted by Crippen LogP contribution is 2.34. The second kappa shape index (κ2) is 15.0. The van der Waals surface area contributed by atoms with Crippen LogP contribution in [0.2, 0.25) is 0 Å². The molecule has 0 unspecified atom stereocenters. The van der Waals surface area contributed by atoms with Gasteiger partial charge in [-0.1, -0.05) is 66.7 Å². The number of likely N-dealkylation sites (tertiary alicyclic amines) is 1. The fourth-order valence-corrected chi connectivity index (χ4v) is 2.50. The van der Waals surface area contributed by atoms with Crippen molar-refractivity contribution in [2.45, 2.75) is 74.3 Å². The van der Waals surface area contributed by atoms with Gasteiger partial charge >= 0.3 is 0 Å². The molecule has 3 heteroatoms. The van der Waals surface area contributed by atoms with E-state index in [1.54, 1.807) is 6.07 Å². The van der Waals surface area contributed by atoms with Crippen LogP contribution in [0.25, 0.3) is 0 Å². The Labute approximate surface area is 150 Å². The Hall–Kier alpha value is -1.53. The minimum atomic E-state index is 0.185. The quantitative estimate of drug-likeness (QED) is 0.739. The average molecular weight is 335 g/mol. The van der Waals surface area contributed by atoms with Crippen molar-refractivity contribution in [3.05, 3.63) is 29.8 Å². The van der Waals surface area contributed by atoms with Gasteiger partial charge in [-0.05, 0) is 37.4 Å². The largest absolute Gasteiger partial charge is 0.508 e. The van der Waals surface area contributed by atoms with Crippen molar-refractivity contribution in [1.82, 2.24) is 4.90 Å². The minimum Gasteiger partial charge on any atom is -0.508 e. The van der Waals surface area contributed by atoms with E-state index >= 15 is 0 Å². The number of piperidine rings is 1. The van der Waals surface area contributed by atoms with E-state index in [1.165, 1.54) is 0 Å². The third-order valence-corrected chi connectivity index (χ3v) is 3.95. The molecule has 0 atom stereocenters. The number of nitriles is 1. The molecule has 0 aliphatic carbocycles. The van der Waals surface area contributed by atoms with E-state index in [9.17, 15) is 5.11 Å². The molecular weight excluding hydrogens is 296 g/mol. The molecule has 0 bridgehead atoms. The standard InChI is InChI=1S/C15H20N2O.3C2H6/c1-15(6-9-16)7-10-17(11-8-15)12-13-4-2-3-5-14(13)18;3*1-2/h2-5,18H,6-8,10-12H2,1H3;3*1-2H3. The lowest BCUT2D eigenvalue weighted by Gasteiger charge is -2.38. The maximum atomic E-state index is 9.76. The lowest BCUT2D eigenvalue weighted by molar-refractivity contribution is 0.115. The van der Waals surface area contributed by atoms with Gasteiger partial charge in [0, 0.05) is 18.5 Å². The minimum absolute atomic E-state index is 0.185. The van der Waals surface area contributed by atoms with Crippen molar-refractivity contribution in [1.29, 1.82) is 5.26 Å². The number of phenolic OH excluding ortho intramolecular Hbond substituents is 1. The third-order valence-electron chi connectivity index (χ3n) is 3.95. The summed E-state index contributed by atoms with van der Waals surface area (Å²) in [5, 5.41) is 18.6. The highest BCUT2D eigenvalue weighted by Gasteiger charge is 2.29. The van der Waals surface area contributed by atoms with Crippen LogP contribution in [0, 0.1) is 16.7 Å². The smallest absolute Gasteiger partial charge is 0.120 e. The van der Waals surface area contributed by atoms with Crippen molar-refractivity contribution in [3.63, 3.8) is 0 Å². The predicted molar refractivity (Wildman–Crippen MR) is 105 cm³/mol. The highest BCUT2D eigenvalue weighted by atomic mass is 16.3.